The molecule has 0 radical (unpaired) electrons. The van der Waals surface area contributed by atoms with Gasteiger partial charge in [-0.2, -0.15) is 5.10 Å². The molecule has 0 bridgehead atoms. The molecular formula is C21H28N6O3S. The van der Waals surface area contributed by atoms with Gasteiger partial charge in [0, 0.05) is 13.1 Å². The highest BCUT2D eigenvalue weighted by Crippen LogP contribution is 2.23. The Bertz CT molecular complexity index is 1010. The zero-order chi connectivity index (χ0) is 22.2. The second-order valence-corrected chi connectivity index (χ2v) is 8.03. The van der Waals surface area contributed by atoms with Gasteiger partial charge in [-0.3, -0.25) is 4.79 Å². The Morgan fingerprint density at radius 1 is 1.19 bits per heavy atom. The molecular weight excluding hydrogens is 416 g/mol. The van der Waals surface area contributed by atoms with Crippen molar-refractivity contribution in [1.29, 1.82) is 0 Å². The smallest absolute Gasteiger partial charge is 0.258 e. The fourth-order valence-electron chi connectivity index (χ4n) is 2.80. The average molecular weight is 445 g/mol. The molecule has 0 spiro atoms. The molecule has 0 atom stereocenters. The third kappa shape index (κ3) is 6.24. The van der Waals surface area contributed by atoms with E-state index in [9.17, 15) is 4.79 Å². The fourth-order valence-corrected chi connectivity index (χ4v) is 3.16. The van der Waals surface area contributed by atoms with Crippen molar-refractivity contribution in [2.24, 2.45) is 5.92 Å². The number of anilines is 1. The maximum absolute atomic E-state index is 12.1. The van der Waals surface area contributed by atoms with Crippen LogP contribution in [0, 0.1) is 5.92 Å². The van der Waals surface area contributed by atoms with Gasteiger partial charge < -0.3 is 20.1 Å². The minimum Gasteiger partial charge on any atom is -0.497 e. The van der Waals surface area contributed by atoms with E-state index in [0.717, 1.165) is 29.1 Å². The average Bonchev–Trinajstić information content (AvgIpc) is 3.19. The molecule has 0 fully saturated rings. The van der Waals surface area contributed by atoms with Crippen LogP contribution in [0.2, 0.25) is 0 Å². The van der Waals surface area contributed by atoms with E-state index in [-0.39, 0.29) is 12.5 Å². The van der Waals surface area contributed by atoms with Crippen LogP contribution in [0.15, 0.2) is 35.6 Å². The maximum atomic E-state index is 12.1. The molecule has 10 heteroatoms. The highest BCUT2D eigenvalue weighted by atomic mass is 32.2. The molecule has 2 aromatic heterocycles. The van der Waals surface area contributed by atoms with Crippen molar-refractivity contribution in [1.82, 2.24) is 25.1 Å². The fraction of sp³-hybridized carbons (Fsp3) is 0.429. The van der Waals surface area contributed by atoms with Crippen LogP contribution in [-0.4, -0.2) is 58.7 Å². The molecule has 0 aliphatic carbocycles. The first-order chi connectivity index (χ1) is 15.0. The molecule has 0 saturated heterocycles. The van der Waals surface area contributed by atoms with Gasteiger partial charge in [-0.05, 0) is 36.4 Å². The van der Waals surface area contributed by atoms with E-state index >= 15 is 0 Å². The number of nitrogens with one attached hydrogen (secondary N) is 2. The number of methoxy groups -OCH3 is 1. The number of fused-ring (bicyclic) bond motifs is 1. The zero-order valence-corrected chi connectivity index (χ0v) is 19.0. The van der Waals surface area contributed by atoms with Crippen molar-refractivity contribution < 1.29 is 14.3 Å². The Morgan fingerprint density at radius 2 is 1.94 bits per heavy atom. The van der Waals surface area contributed by atoms with Crippen molar-refractivity contribution in [3.05, 3.63) is 30.5 Å². The lowest BCUT2D eigenvalue weighted by molar-refractivity contribution is -0.123. The molecule has 166 valence electrons. The van der Waals surface area contributed by atoms with Gasteiger partial charge in [-0.25, -0.2) is 14.6 Å². The number of carbonyl (C=O) groups excluding carboxylic acids is 1. The number of amides is 1. The molecule has 2 N–H and O–H groups in total. The van der Waals surface area contributed by atoms with E-state index in [1.54, 1.807) is 42.3 Å². The number of rotatable bonds is 11. The Balaban J connectivity index is 1.56. The molecule has 2 heterocycles. The summed E-state index contributed by atoms with van der Waals surface area (Å²) in [5, 5.41) is 12.2. The Morgan fingerprint density at radius 3 is 2.61 bits per heavy atom. The highest BCUT2D eigenvalue weighted by Gasteiger charge is 2.13. The quantitative estimate of drug-likeness (QED) is 0.344. The number of thioether (sulfide) groups is 1. The van der Waals surface area contributed by atoms with Gasteiger partial charge >= 0.3 is 0 Å². The molecule has 0 aliphatic rings. The van der Waals surface area contributed by atoms with Crippen LogP contribution in [-0.2, 0) is 11.3 Å². The standard InChI is InChI=1S/C21H28N6O3S/c1-14(2)11-23-19-17-12-24-27(20(17)26-21(25-19)31-4)10-9-22-18(28)13-30-16-7-5-15(29-3)6-8-16/h5-8,12,14H,9-11,13H2,1-4H3,(H,22,28)(H,23,25,26). The maximum Gasteiger partial charge on any atom is 0.258 e. The summed E-state index contributed by atoms with van der Waals surface area (Å²) in [6.07, 6.45) is 3.70. The van der Waals surface area contributed by atoms with Gasteiger partial charge in [-0.15, -0.1) is 0 Å². The summed E-state index contributed by atoms with van der Waals surface area (Å²) >= 11 is 1.48. The summed E-state index contributed by atoms with van der Waals surface area (Å²) in [5.41, 5.74) is 0.745. The summed E-state index contributed by atoms with van der Waals surface area (Å²) < 4.78 is 12.4. The third-order valence-corrected chi connectivity index (χ3v) is 4.96. The number of carbonyl (C=O) groups is 1. The van der Waals surface area contributed by atoms with Crippen molar-refractivity contribution in [2.75, 3.05) is 38.4 Å². The molecule has 1 aromatic carbocycles. The first-order valence-electron chi connectivity index (χ1n) is 10.0. The third-order valence-electron chi connectivity index (χ3n) is 4.41. The molecule has 3 aromatic rings. The first-order valence-corrected chi connectivity index (χ1v) is 11.3. The predicted molar refractivity (Wildman–Crippen MR) is 122 cm³/mol. The number of nitrogens with zero attached hydrogens (tertiary/aromatic N) is 4. The second-order valence-electron chi connectivity index (χ2n) is 7.25. The summed E-state index contributed by atoms with van der Waals surface area (Å²) in [6.45, 7) is 5.95. The molecule has 3 rings (SSSR count). The monoisotopic (exact) mass is 444 g/mol. The van der Waals surface area contributed by atoms with Crippen molar-refractivity contribution in [3.63, 3.8) is 0 Å². The summed E-state index contributed by atoms with van der Waals surface area (Å²) in [5.74, 6) is 2.42. The van der Waals surface area contributed by atoms with Crippen LogP contribution in [0.25, 0.3) is 11.0 Å². The van der Waals surface area contributed by atoms with E-state index in [2.05, 4.69) is 39.5 Å². The lowest BCUT2D eigenvalue weighted by Crippen LogP contribution is -2.31. The molecule has 0 aliphatic heterocycles. The minimum atomic E-state index is -0.203. The summed E-state index contributed by atoms with van der Waals surface area (Å²) in [6, 6.07) is 7.09. The number of aromatic nitrogens is 4. The normalized spacial score (nSPS) is 11.0. The van der Waals surface area contributed by atoms with E-state index in [0.29, 0.717) is 29.9 Å². The Kier molecular flexibility index (Phi) is 7.94. The van der Waals surface area contributed by atoms with E-state index < -0.39 is 0 Å². The van der Waals surface area contributed by atoms with Crippen LogP contribution in [0.3, 0.4) is 0 Å². The molecule has 31 heavy (non-hydrogen) atoms. The van der Waals surface area contributed by atoms with Crippen LogP contribution < -0.4 is 20.1 Å². The topological polar surface area (TPSA) is 103 Å². The zero-order valence-electron chi connectivity index (χ0n) is 18.2. The number of hydrogen-bond donors (Lipinski definition) is 2. The second kappa shape index (κ2) is 10.9. The van der Waals surface area contributed by atoms with Gasteiger partial charge in [0.2, 0.25) is 0 Å². The summed E-state index contributed by atoms with van der Waals surface area (Å²) in [7, 11) is 1.60. The number of benzene rings is 1. The van der Waals surface area contributed by atoms with E-state index in [1.165, 1.54) is 11.8 Å². The van der Waals surface area contributed by atoms with E-state index in [4.69, 9.17) is 9.47 Å². The lowest BCUT2D eigenvalue weighted by atomic mass is 10.2. The largest absolute Gasteiger partial charge is 0.497 e. The van der Waals surface area contributed by atoms with Crippen molar-refractivity contribution in [2.45, 2.75) is 25.5 Å². The van der Waals surface area contributed by atoms with Crippen LogP contribution in [0.1, 0.15) is 13.8 Å². The SMILES string of the molecule is COc1ccc(OCC(=O)NCCn2ncc3c(NCC(C)C)nc(SC)nc32)cc1. The van der Waals surface area contributed by atoms with Gasteiger partial charge in [0.05, 0.1) is 25.2 Å². The molecule has 0 saturated carbocycles. The van der Waals surface area contributed by atoms with Gasteiger partial charge in [-0.1, -0.05) is 25.6 Å². The Labute approximate surface area is 185 Å². The minimum absolute atomic E-state index is 0.0613. The molecule has 1 amide bonds. The highest BCUT2D eigenvalue weighted by molar-refractivity contribution is 7.98. The lowest BCUT2D eigenvalue weighted by Gasteiger charge is -2.11. The molecule has 9 nitrogen and oxygen atoms in total. The van der Waals surface area contributed by atoms with E-state index in [1.807, 2.05) is 6.26 Å². The summed E-state index contributed by atoms with van der Waals surface area (Å²) in [4.78, 5) is 21.3. The first kappa shape index (κ1) is 22.7. The number of hydrogen-bond acceptors (Lipinski definition) is 8. The van der Waals surface area contributed by atoms with Gasteiger partial charge in [0.25, 0.3) is 5.91 Å². The van der Waals surface area contributed by atoms with Crippen LogP contribution in [0.5, 0.6) is 11.5 Å². The predicted octanol–water partition coefficient (Wildman–Crippen LogP) is 2.82. The molecule has 0 unspecified atom stereocenters. The van der Waals surface area contributed by atoms with Crippen molar-refractivity contribution >= 4 is 34.5 Å². The number of ether oxygens (including phenoxy) is 2. The van der Waals surface area contributed by atoms with Crippen LogP contribution in [0.4, 0.5) is 5.82 Å². The van der Waals surface area contributed by atoms with Gasteiger partial charge in [0.15, 0.2) is 17.4 Å². The van der Waals surface area contributed by atoms with Gasteiger partial charge in [0.1, 0.15) is 17.3 Å². The van der Waals surface area contributed by atoms with Crippen LogP contribution >= 0.6 is 11.8 Å². The van der Waals surface area contributed by atoms with Crippen molar-refractivity contribution in [3.8, 4) is 11.5 Å². The Hall–Kier alpha value is -3.01.